The number of carbonyl (C=O) groups excluding carboxylic acids is 1. The van der Waals surface area contributed by atoms with Gasteiger partial charge < -0.3 is 14.7 Å². The summed E-state index contributed by atoms with van der Waals surface area (Å²) < 4.78 is 35.8. The molecule has 0 aliphatic rings. The van der Waals surface area contributed by atoms with E-state index in [-0.39, 0.29) is 24.0 Å². The molecule has 0 atom stereocenters. The summed E-state index contributed by atoms with van der Waals surface area (Å²) in [5.74, 6) is -2.53. The van der Waals surface area contributed by atoms with Crippen LogP contribution in [-0.2, 0) is 9.53 Å². The minimum atomic E-state index is -0.831. The summed E-state index contributed by atoms with van der Waals surface area (Å²) in [5.41, 5.74) is -0.0338. The lowest BCUT2D eigenvalue weighted by molar-refractivity contribution is -0.145. The fraction of sp³-hybridized carbons (Fsp3) is 0.250. The number of aromatic nitrogens is 3. The monoisotopic (exact) mass is 299 g/mol. The van der Waals surface area contributed by atoms with Crippen molar-refractivity contribution >= 4 is 5.97 Å². The lowest BCUT2D eigenvalue weighted by atomic mass is 10.2. The van der Waals surface area contributed by atoms with E-state index in [0.717, 1.165) is 12.1 Å². The molecule has 0 unspecified atom stereocenters. The van der Waals surface area contributed by atoms with Gasteiger partial charge in [0.05, 0.1) is 6.61 Å². The third-order valence-corrected chi connectivity index (χ3v) is 2.32. The van der Waals surface area contributed by atoms with Crippen molar-refractivity contribution in [1.82, 2.24) is 14.9 Å². The van der Waals surface area contributed by atoms with Gasteiger partial charge in [-0.15, -0.1) is 0 Å². The average molecular weight is 299 g/mol. The molecule has 112 valence electrons. The number of hydrogen-bond donors (Lipinski definition) is 1. The van der Waals surface area contributed by atoms with Crippen LogP contribution in [0.5, 0.6) is 6.01 Å². The lowest BCUT2D eigenvalue weighted by Crippen LogP contribution is -2.15. The Hall–Kier alpha value is -2.71. The molecule has 0 spiro atoms. The van der Waals surface area contributed by atoms with E-state index in [4.69, 9.17) is 4.74 Å². The maximum Gasteiger partial charge on any atom is 0.344 e. The van der Waals surface area contributed by atoms with Crippen molar-refractivity contribution < 1.29 is 28.3 Å². The Balaban J connectivity index is 2.17. The fourth-order valence-corrected chi connectivity index (χ4v) is 1.54. The minimum absolute atomic E-state index is 0.0338. The molecule has 0 aliphatic heterocycles. The van der Waals surface area contributed by atoms with E-state index in [1.807, 2.05) is 0 Å². The van der Waals surface area contributed by atoms with Crippen molar-refractivity contribution in [2.75, 3.05) is 13.2 Å². The molecule has 21 heavy (non-hydrogen) atoms. The Labute approximate surface area is 117 Å². The second-order valence-electron chi connectivity index (χ2n) is 3.86. The molecular weight excluding hydrogens is 288 g/mol. The molecule has 1 aromatic heterocycles. The normalized spacial score (nSPS) is 10.4. The van der Waals surface area contributed by atoms with Crippen molar-refractivity contribution in [1.29, 1.82) is 0 Å². The van der Waals surface area contributed by atoms with Crippen LogP contribution in [0, 0.1) is 11.6 Å². The highest BCUT2D eigenvalue weighted by molar-refractivity contribution is 5.70. The Morgan fingerprint density at radius 3 is 2.62 bits per heavy atom. The van der Waals surface area contributed by atoms with E-state index in [2.05, 4.69) is 14.8 Å². The van der Waals surface area contributed by atoms with Crippen LogP contribution in [0.25, 0.3) is 11.4 Å². The first-order valence-electron chi connectivity index (χ1n) is 5.90. The van der Waals surface area contributed by atoms with Gasteiger partial charge in [-0.05, 0) is 19.1 Å². The Kier molecular flexibility index (Phi) is 4.31. The fourth-order valence-electron chi connectivity index (χ4n) is 1.54. The van der Waals surface area contributed by atoms with Crippen molar-refractivity contribution in [2.24, 2.45) is 0 Å². The summed E-state index contributed by atoms with van der Waals surface area (Å²) >= 11 is 0. The van der Waals surface area contributed by atoms with Gasteiger partial charge in [-0.25, -0.2) is 13.6 Å². The van der Waals surface area contributed by atoms with E-state index in [0.29, 0.717) is 10.9 Å². The molecule has 2 rings (SSSR count). The number of carbonyl (C=O) groups is 1. The van der Waals surface area contributed by atoms with Crippen LogP contribution < -0.4 is 4.74 Å². The first-order valence-corrected chi connectivity index (χ1v) is 5.90. The molecule has 1 aromatic carbocycles. The molecule has 0 radical (unpaired) electrons. The number of benzene rings is 1. The second kappa shape index (κ2) is 6.16. The zero-order valence-corrected chi connectivity index (χ0v) is 10.9. The van der Waals surface area contributed by atoms with Gasteiger partial charge in [0.25, 0.3) is 0 Å². The standard InChI is InChI=1S/C12H11F2N3O4/c1-2-20-10(18)6-21-12-15-11(17(19)16-12)7-3-8(13)5-9(14)4-7/h3-5,19H,2,6H2,1H3. The summed E-state index contributed by atoms with van der Waals surface area (Å²) in [7, 11) is 0. The first kappa shape index (κ1) is 14.7. The highest BCUT2D eigenvalue weighted by Gasteiger charge is 2.15. The van der Waals surface area contributed by atoms with Gasteiger partial charge >= 0.3 is 12.0 Å². The van der Waals surface area contributed by atoms with Crippen LogP contribution in [0.3, 0.4) is 0 Å². The van der Waals surface area contributed by atoms with Crippen molar-refractivity contribution in [3.05, 3.63) is 29.8 Å². The number of halogens is 2. The smallest absolute Gasteiger partial charge is 0.344 e. The van der Waals surface area contributed by atoms with E-state index in [1.54, 1.807) is 6.92 Å². The Bertz CT molecular complexity index is 640. The van der Waals surface area contributed by atoms with Gasteiger partial charge in [-0.2, -0.15) is 4.98 Å². The SMILES string of the molecule is CCOC(=O)COc1nc(-c2cc(F)cc(F)c2)n(O)n1. The van der Waals surface area contributed by atoms with Crippen LogP contribution in [-0.4, -0.2) is 39.3 Å². The molecule has 0 amide bonds. The molecule has 0 fully saturated rings. The summed E-state index contributed by atoms with van der Waals surface area (Å²) in [5, 5.41) is 13.0. The largest absolute Gasteiger partial charge is 0.463 e. The van der Waals surface area contributed by atoms with Gasteiger partial charge in [0, 0.05) is 11.6 Å². The molecule has 0 aliphatic carbocycles. The van der Waals surface area contributed by atoms with Crippen LogP contribution in [0.15, 0.2) is 18.2 Å². The number of esters is 1. The van der Waals surface area contributed by atoms with E-state index in [9.17, 15) is 18.8 Å². The van der Waals surface area contributed by atoms with Gasteiger partial charge in [0.1, 0.15) is 11.6 Å². The van der Waals surface area contributed by atoms with Gasteiger partial charge in [0.15, 0.2) is 6.61 Å². The summed E-state index contributed by atoms with van der Waals surface area (Å²) in [6.45, 7) is 1.38. The molecule has 7 nitrogen and oxygen atoms in total. The Morgan fingerprint density at radius 2 is 2.00 bits per heavy atom. The molecule has 2 aromatic rings. The first-order chi connectivity index (χ1) is 9.99. The van der Waals surface area contributed by atoms with Crippen LogP contribution >= 0.6 is 0 Å². The third-order valence-electron chi connectivity index (χ3n) is 2.32. The molecule has 1 N–H and O–H groups in total. The zero-order valence-electron chi connectivity index (χ0n) is 10.9. The Morgan fingerprint density at radius 1 is 1.33 bits per heavy atom. The lowest BCUT2D eigenvalue weighted by Gasteiger charge is -2.00. The van der Waals surface area contributed by atoms with E-state index < -0.39 is 24.2 Å². The molecule has 1 heterocycles. The summed E-state index contributed by atoms with van der Waals surface area (Å²) in [4.78, 5) is 15.1. The predicted molar refractivity (Wildman–Crippen MR) is 64.7 cm³/mol. The van der Waals surface area contributed by atoms with E-state index in [1.165, 1.54) is 0 Å². The number of rotatable bonds is 5. The van der Waals surface area contributed by atoms with Crippen molar-refractivity contribution in [3.8, 4) is 17.4 Å². The minimum Gasteiger partial charge on any atom is -0.463 e. The van der Waals surface area contributed by atoms with Crippen LogP contribution in [0.1, 0.15) is 6.92 Å². The topological polar surface area (TPSA) is 86.5 Å². The van der Waals surface area contributed by atoms with Crippen LogP contribution in [0.4, 0.5) is 8.78 Å². The molecule has 0 saturated carbocycles. The van der Waals surface area contributed by atoms with Crippen molar-refractivity contribution in [3.63, 3.8) is 0 Å². The van der Waals surface area contributed by atoms with E-state index >= 15 is 0 Å². The molecular formula is C12H11F2N3O4. The quantitative estimate of drug-likeness (QED) is 0.663. The van der Waals surface area contributed by atoms with Gasteiger partial charge in [-0.3, -0.25) is 0 Å². The summed E-state index contributed by atoms with van der Waals surface area (Å²) in [6, 6.07) is 2.29. The van der Waals surface area contributed by atoms with Crippen molar-refractivity contribution in [2.45, 2.75) is 6.92 Å². The number of hydrogen-bond acceptors (Lipinski definition) is 6. The highest BCUT2D eigenvalue weighted by Crippen LogP contribution is 2.21. The number of ether oxygens (including phenoxy) is 2. The second-order valence-corrected chi connectivity index (χ2v) is 3.86. The van der Waals surface area contributed by atoms with Gasteiger partial charge in [0.2, 0.25) is 5.82 Å². The maximum absolute atomic E-state index is 13.1. The number of nitrogens with zero attached hydrogens (tertiary/aromatic N) is 3. The molecule has 0 saturated heterocycles. The molecule has 9 heteroatoms. The molecule has 0 bridgehead atoms. The summed E-state index contributed by atoms with van der Waals surface area (Å²) in [6.07, 6.45) is 0. The van der Waals surface area contributed by atoms with Crippen LogP contribution in [0.2, 0.25) is 0 Å². The zero-order chi connectivity index (χ0) is 15.4. The third kappa shape index (κ3) is 3.65. The van der Waals surface area contributed by atoms with Gasteiger partial charge in [-0.1, -0.05) is 9.94 Å². The average Bonchev–Trinajstić information content (AvgIpc) is 2.77. The predicted octanol–water partition coefficient (Wildman–Crippen LogP) is 1.40. The highest BCUT2D eigenvalue weighted by atomic mass is 19.1. The maximum atomic E-state index is 13.1.